The van der Waals surface area contributed by atoms with Gasteiger partial charge in [-0.1, -0.05) is 13.8 Å². The van der Waals surface area contributed by atoms with Gasteiger partial charge >= 0.3 is 0 Å². The smallest absolute Gasteiger partial charge is 0.165 e. The minimum absolute atomic E-state index is 0.00652. The van der Waals surface area contributed by atoms with Gasteiger partial charge in [0.2, 0.25) is 0 Å². The fraction of sp³-hybridized carbons (Fsp3) is 1.00. The van der Waals surface area contributed by atoms with E-state index in [0.717, 1.165) is 0 Å². The van der Waals surface area contributed by atoms with Crippen molar-refractivity contribution in [1.29, 1.82) is 0 Å². The van der Waals surface area contributed by atoms with E-state index in [1.807, 2.05) is 13.8 Å². The maximum atomic E-state index is 9.92. The Hall–Kier alpha value is -0.160. The molecule has 1 saturated carbocycles. The second-order valence-corrected chi connectivity index (χ2v) is 4.11. The quantitative estimate of drug-likeness (QED) is 0.577. The highest BCUT2D eigenvalue weighted by atomic mass is 16.6. The first-order valence-corrected chi connectivity index (χ1v) is 5.34. The molecule has 0 spiro atoms. The third-order valence-corrected chi connectivity index (χ3v) is 2.98. The fourth-order valence-corrected chi connectivity index (χ4v) is 1.84. The van der Waals surface area contributed by atoms with Gasteiger partial charge in [0, 0.05) is 6.04 Å². The number of hydrogen-bond donors (Lipinski definition) is 3. The predicted octanol–water partition coefficient (Wildman–Crippen LogP) is 0.362. The number of nitrogens with two attached hydrogens (primary N) is 1. The average Bonchev–Trinajstić information content (AvgIpc) is 2.45. The van der Waals surface area contributed by atoms with E-state index < -0.39 is 11.9 Å². The molecule has 14 heavy (non-hydrogen) atoms. The van der Waals surface area contributed by atoms with Gasteiger partial charge in [0.15, 0.2) is 5.79 Å². The number of rotatable bonds is 4. The van der Waals surface area contributed by atoms with Gasteiger partial charge in [0.1, 0.15) is 0 Å². The number of aliphatic hydroxyl groups excluding tert-OH is 1. The highest BCUT2D eigenvalue weighted by Crippen LogP contribution is 2.28. The summed E-state index contributed by atoms with van der Waals surface area (Å²) in [7, 11) is 0. The van der Waals surface area contributed by atoms with E-state index in [4.69, 9.17) is 10.5 Å². The van der Waals surface area contributed by atoms with Crippen LogP contribution in [-0.4, -0.2) is 34.2 Å². The van der Waals surface area contributed by atoms with Gasteiger partial charge in [-0.25, -0.2) is 0 Å². The first kappa shape index (κ1) is 11.9. The molecule has 3 unspecified atom stereocenters. The van der Waals surface area contributed by atoms with Crippen molar-refractivity contribution in [3.63, 3.8) is 0 Å². The molecule has 0 aromatic carbocycles. The van der Waals surface area contributed by atoms with Crippen LogP contribution in [0, 0.1) is 0 Å². The lowest BCUT2D eigenvalue weighted by Crippen LogP contribution is -2.38. The number of hydrogen-bond acceptors (Lipinski definition) is 4. The standard InChI is InChI=1S/C10H21NO3/c1-3-10(13,4-2)14-9-6-7(11)5-8(9)12/h7-9,12-13H,3-6,11H2,1-2H3. The Kier molecular flexibility index (Phi) is 3.89. The zero-order chi connectivity index (χ0) is 10.8. The molecular weight excluding hydrogens is 182 g/mol. The molecule has 84 valence electrons. The van der Waals surface area contributed by atoms with Gasteiger partial charge in [-0.3, -0.25) is 0 Å². The van der Waals surface area contributed by atoms with Crippen molar-refractivity contribution in [2.24, 2.45) is 5.73 Å². The van der Waals surface area contributed by atoms with E-state index in [2.05, 4.69) is 0 Å². The Morgan fingerprint density at radius 3 is 2.29 bits per heavy atom. The van der Waals surface area contributed by atoms with Crippen LogP contribution in [-0.2, 0) is 4.74 Å². The van der Waals surface area contributed by atoms with Crippen molar-refractivity contribution in [2.45, 2.75) is 63.6 Å². The third-order valence-electron chi connectivity index (χ3n) is 2.98. The maximum Gasteiger partial charge on any atom is 0.165 e. The highest BCUT2D eigenvalue weighted by molar-refractivity contribution is 4.87. The maximum absolute atomic E-state index is 9.92. The molecule has 4 N–H and O–H groups in total. The second kappa shape index (κ2) is 4.57. The first-order chi connectivity index (χ1) is 6.50. The van der Waals surface area contributed by atoms with Crippen LogP contribution in [0.2, 0.25) is 0 Å². The molecule has 0 aliphatic heterocycles. The van der Waals surface area contributed by atoms with E-state index in [-0.39, 0.29) is 12.1 Å². The summed E-state index contributed by atoms with van der Waals surface area (Å²) in [5.41, 5.74) is 5.70. The molecular formula is C10H21NO3. The lowest BCUT2D eigenvalue weighted by atomic mass is 10.1. The molecule has 4 nitrogen and oxygen atoms in total. The topological polar surface area (TPSA) is 75.7 Å². The Morgan fingerprint density at radius 1 is 1.36 bits per heavy atom. The van der Waals surface area contributed by atoms with Gasteiger partial charge in [0.05, 0.1) is 12.2 Å². The van der Waals surface area contributed by atoms with Crippen LogP contribution < -0.4 is 5.73 Å². The summed E-state index contributed by atoms with van der Waals surface area (Å²) < 4.78 is 5.51. The Labute approximate surface area is 85.1 Å². The SMILES string of the molecule is CCC(O)(CC)OC1CC(N)CC1O. The fourth-order valence-electron chi connectivity index (χ4n) is 1.84. The van der Waals surface area contributed by atoms with Gasteiger partial charge < -0.3 is 20.7 Å². The normalized spacial score (nSPS) is 33.6. The highest BCUT2D eigenvalue weighted by Gasteiger charge is 2.37. The molecule has 4 heteroatoms. The predicted molar refractivity (Wildman–Crippen MR) is 53.6 cm³/mol. The van der Waals surface area contributed by atoms with Crippen LogP contribution in [0.5, 0.6) is 0 Å². The van der Waals surface area contributed by atoms with Crippen LogP contribution in [0.1, 0.15) is 39.5 Å². The Balaban J connectivity index is 2.51. The van der Waals surface area contributed by atoms with Crippen LogP contribution in [0.15, 0.2) is 0 Å². The molecule has 1 rings (SSSR count). The average molecular weight is 203 g/mol. The summed E-state index contributed by atoms with van der Waals surface area (Å²) in [6.45, 7) is 3.73. The van der Waals surface area contributed by atoms with E-state index in [0.29, 0.717) is 25.7 Å². The summed E-state index contributed by atoms with van der Waals surface area (Å²) in [5, 5.41) is 19.5. The zero-order valence-electron chi connectivity index (χ0n) is 8.94. The molecule has 0 heterocycles. The molecule has 1 aliphatic carbocycles. The molecule has 1 fully saturated rings. The zero-order valence-corrected chi connectivity index (χ0v) is 8.94. The van der Waals surface area contributed by atoms with Gasteiger partial charge in [-0.15, -0.1) is 0 Å². The number of ether oxygens (including phenoxy) is 1. The molecule has 0 amide bonds. The van der Waals surface area contributed by atoms with E-state index in [1.54, 1.807) is 0 Å². The monoisotopic (exact) mass is 203 g/mol. The largest absolute Gasteiger partial charge is 0.390 e. The van der Waals surface area contributed by atoms with Crippen molar-refractivity contribution in [3.8, 4) is 0 Å². The van der Waals surface area contributed by atoms with E-state index >= 15 is 0 Å². The van der Waals surface area contributed by atoms with Crippen molar-refractivity contribution in [2.75, 3.05) is 0 Å². The van der Waals surface area contributed by atoms with E-state index in [9.17, 15) is 10.2 Å². The van der Waals surface area contributed by atoms with Gasteiger partial charge in [0.25, 0.3) is 0 Å². The molecule has 0 saturated heterocycles. The summed E-state index contributed by atoms with van der Waals surface area (Å²) in [6.07, 6.45) is 1.41. The molecule has 0 aromatic rings. The summed E-state index contributed by atoms with van der Waals surface area (Å²) >= 11 is 0. The van der Waals surface area contributed by atoms with Crippen molar-refractivity contribution >= 4 is 0 Å². The van der Waals surface area contributed by atoms with Crippen LogP contribution in [0.25, 0.3) is 0 Å². The van der Waals surface area contributed by atoms with Gasteiger partial charge in [-0.2, -0.15) is 0 Å². The third kappa shape index (κ3) is 2.67. The van der Waals surface area contributed by atoms with Crippen molar-refractivity contribution < 1.29 is 14.9 Å². The summed E-state index contributed by atoms with van der Waals surface area (Å²) in [6, 6.07) is -0.00652. The molecule has 0 radical (unpaired) electrons. The van der Waals surface area contributed by atoms with Crippen molar-refractivity contribution in [1.82, 2.24) is 0 Å². The minimum Gasteiger partial charge on any atom is -0.390 e. The Morgan fingerprint density at radius 2 is 1.93 bits per heavy atom. The minimum atomic E-state index is -1.10. The lowest BCUT2D eigenvalue weighted by Gasteiger charge is -2.30. The van der Waals surface area contributed by atoms with Crippen molar-refractivity contribution in [3.05, 3.63) is 0 Å². The second-order valence-electron chi connectivity index (χ2n) is 4.11. The van der Waals surface area contributed by atoms with Gasteiger partial charge in [-0.05, 0) is 25.7 Å². The van der Waals surface area contributed by atoms with Crippen LogP contribution in [0.4, 0.5) is 0 Å². The van der Waals surface area contributed by atoms with Crippen LogP contribution in [0.3, 0.4) is 0 Å². The summed E-state index contributed by atoms with van der Waals surface area (Å²) in [4.78, 5) is 0. The molecule has 0 aromatic heterocycles. The number of aliphatic hydroxyl groups is 2. The van der Waals surface area contributed by atoms with E-state index in [1.165, 1.54) is 0 Å². The summed E-state index contributed by atoms with van der Waals surface area (Å²) in [5.74, 6) is -1.10. The molecule has 1 aliphatic rings. The molecule has 3 atom stereocenters. The van der Waals surface area contributed by atoms with Crippen LogP contribution >= 0.6 is 0 Å². The Bertz CT molecular complexity index is 182. The molecule has 0 bridgehead atoms. The first-order valence-electron chi connectivity index (χ1n) is 5.34. The lowest BCUT2D eigenvalue weighted by molar-refractivity contribution is -0.244.